The van der Waals surface area contributed by atoms with Gasteiger partial charge in [-0.3, -0.25) is 0 Å². The predicted octanol–water partition coefficient (Wildman–Crippen LogP) is 0.578. The van der Waals surface area contributed by atoms with Crippen molar-refractivity contribution in [1.29, 1.82) is 0 Å². The molecule has 0 bridgehead atoms. The van der Waals surface area contributed by atoms with E-state index >= 15 is 0 Å². The minimum absolute atomic E-state index is 0.136. The van der Waals surface area contributed by atoms with Crippen molar-refractivity contribution in [2.24, 2.45) is 0 Å². The summed E-state index contributed by atoms with van der Waals surface area (Å²) in [6.45, 7) is 4.59. The lowest BCUT2D eigenvalue weighted by Crippen LogP contribution is -2.46. The fourth-order valence-electron chi connectivity index (χ4n) is 2.46. The number of sulfonamides is 2. The highest BCUT2D eigenvalue weighted by atomic mass is 32.2. The summed E-state index contributed by atoms with van der Waals surface area (Å²) in [5.74, 6) is -0.272. The van der Waals surface area contributed by atoms with Crippen LogP contribution in [-0.4, -0.2) is 59.2 Å². The third kappa shape index (κ3) is 5.00. The summed E-state index contributed by atoms with van der Waals surface area (Å²) in [5.41, 5.74) is 1.04. The third-order valence-electron chi connectivity index (χ3n) is 3.89. The van der Waals surface area contributed by atoms with E-state index in [1.54, 1.807) is 12.1 Å². The molecule has 0 amide bonds. The van der Waals surface area contributed by atoms with Gasteiger partial charge in [-0.1, -0.05) is 19.1 Å². The topological polar surface area (TPSA) is 92.8 Å². The van der Waals surface area contributed by atoms with Crippen LogP contribution < -0.4 is 4.72 Å². The SMILES string of the molecule is CCc1ccc(S(=O)(=O)NCCS(=O)(=O)N2CCOC(C)C2)cc1. The Kier molecular flexibility index (Phi) is 6.38. The highest BCUT2D eigenvalue weighted by Gasteiger charge is 2.27. The van der Waals surface area contributed by atoms with Gasteiger partial charge >= 0.3 is 0 Å². The van der Waals surface area contributed by atoms with E-state index in [0.29, 0.717) is 19.7 Å². The van der Waals surface area contributed by atoms with Crippen LogP contribution >= 0.6 is 0 Å². The minimum Gasteiger partial charge on any atom is -0.376 e. The number of rotatable bonds is 7. The number of aryl methyl sites for hydroxylation is 1. The van der Waals surface area contributed by atoms with Gasteiger partial charge in [-0.05, 0) is 31.0 Å². The van der Waals surface area contributed by atoms with Crippen LogP contribution in [0, 0.1) is 0 Å². The smallest absolute Gasteiger partial charge is 0.240 e. The van der Waals surface area contributed by atoms with Gasteiger partial charge in [0.15, 0.2) is 0 Å². The van der Waals surface area contributed by atoms with E-state index in [9.17, 15) is 16.8 Å². The van der Waals surface area contributed by atoms with E-state index < -0.39 is 20.0 Å². The average molecular weight is 377 g/mol. The molecule has 9 heteroatoms. The molecule has 1 aliphatic heterocycles. The maximum absolute atomic E-state index is 12.3. The van der Waals surface area contributed by atoms with Crippen LogP contribution in [0.3, 0.4) is 0 Å². The maximum Gasteiger partial charge on any atom is 0.240 e. The molecule has 7 nitrogen and oxygen atoms in total. The Morgan fingerprint density at radius 2 is 1.88 bits per heavy atom. The molecule has 1 atom stereocenters. The van der Waals surface area contributed by atoms with Crippen LogP contribution in [-0.2, 0) is 31.2 Å². The first-order chi connectivity index (χ1) is 11.2. The standard InChI is InChI=1S/C15H24N2O5S2/c1-3-14-4-6-15(7-5-14)24(20,21)16-8-11-23(18,19)17-9-10-22-13(2)12-17/h4-7,13,16H,3,8-12H2,1-2H3. The summed E-state index contributed by atoms with van der Waals surface area (Å²) in [7, 11) is -7.21. The van der Waals surface area contributed by atoms with E-state index in [-0.39, 0.29) is 23.3 Å². The van der Waals surface area contributed by atoms with Gasteiger partial charge in [-0.15, -0.1) is 0 Å². The summed E-state index contributed by atoms with van der Waals surface area (Å²) in [4.78, 5) is 0.136. The Balaban J connectivity index is 1.94. The zero-order valence-corrected chi connectivity index (χ0v) is 15.6. The van der Waals surface area contributed by atoms with Gasteiger partial charge in [0.1, 0.15) is 0 Å². The van der Waals surface area contributed by atoms with Crippen LogP contribution in [0.25, 0.3) is 0 Å². The van der Waals surface area contributed by atoms with Crippen LogP contribution in [0.5, 0.6) is 0 Å². The highest BCUT2D eigenvalue weighted by Crippen LogP contribution is 2.12. The van der Waals surface area contributed by atoms with E-state index in [1.807, 2.05) is 13.8 Å². The van der Waals surface area contributed by atoms with Crippen molar-refractivity contribution in [2.75, 3.05) is 32.0 Å². The molecule has 1 aromatic rings. The molecular weight excluding hydrogens is 352 g/mol. The molecule has 1 heterocycles. The Morgan fingerprint density at radius 1 is 1.21 bits per heavy atom. The van der Waals surface area contributed by atoms with Crippen LogP contribution in [0.1, 0.15) is 19.4 Å². The van der Waals surface area contributed by atoms with Gasteiger partial charge in [0.25, 0.3) is 0 Å². The zero-order valence-electron chi connectivity index (χ0n) is 13.9. The highest BCUT2D eigenvalue weighted by molar-refractivity contribution is 7.90. The molecule has 1 unspecified atom stereocenters. The molecule has 0 aliphatic carbocycles. The Hall–Kier alpha value is -1.00. The van der Waals surface area contributed by atoms with Crippen molar-refractivity contribution in [3.8, 4) is 0 Å². The third-order valence-corrected chi connectivity index (χ3v) is 7.21. The zero-order chi connectivity index (χ0) is 17.8. The van der Waals surface area contributed by atoms with E-state index in [0.717, 1.165) is 12.0 Å². The second-order valence-electron chi connectivity index (χ2n) is 5.75. The van der Waals surface area contributed by atoms with E-state index in [1.165, 1.54) is 16.4 Å². The fourth-order valence-corrected chi connectivity index (χ4v) is 5.03. The molecule has 24 heavy (non-hydrogen) atoms. The number of nitrogens with one attached hydrogen (secondary N) is 1. The van der Waals surface area contributed by atoms with Gasteiger partial charge in [-0.2, -0.15) is 4.31 Å². The van der Waals surface area contributed by atoms with Crippen molar-refractivity contribution < 1.29 is 21.6 Å². The molecule has 1 aliphatic rings. The molecule has 0 saturated carbocycles. The summed E-state index contributed by atoms with van der Waals surface area (Å²) < 4.78 is 58.0. The lowest BCUT2D eigenvalue weighted by atomic mass is 10.2. The second-order valence-corrected chi connectivity index (χ2v) is 9.61. The fraction of sp³-hybridized carbons (Fsp3) is 0.600. The molecular formula is C15H24N2O5S2. The molecule has 1 saturated heterocycles. The Labute approximate surface area is 144 Å². The van der Waals surface area contributed by atoms with Crippen molar-refractivity contribution >= 4 is 20.0 Å². The first kappa shape index (κ1) is 19.3. The molecule has 2 rings (SSSR count). The molecule has 1 N–H and O–H groups in total. The van der Waals surface area contributed by atoms with Gasteiger partial charge in [0.2, 0.25) is 20.0 Å². The average Bonchev–Trinajstić information content (AvgIpc) is 2.54. The summed E-state index contributed by atoms with van der Waals surface area (Å²) in [6, 6.07) is 6.56. The molecule has 0 radical (unpaired) electrons. The monoisotopic (exact) mass is 376 g/mol. The predicted molar refractivity (Wildman–Crippen MR) is 91.8 cm³/mol. The Bertz CT molecular complexity index is 745. The molecule has 136 valence electrons. The van der Waals surface area contributed by atoms with E-state index in [2.05, 4.69) is 4.72 Å². The van der Waals surface area contributed by atoms with Gasteiger partial charge in [0.05, 0.1) is 23.4 Å². The molecule has 0 aromatic heterocycles. The van der Waals surface area contributed by atoms with Crippen LogP contribution in [0.15, 0.2) is 29.2 Å². The quantitative estimate of drug-likeness (QED) is 0.751. The molecule has 1 aromatic carbocycles. The largest absolute Gasteiger partial charge is 0.376 e. The molecule has 0 spiro atoms. The number of morpholine rings is 1. The van der Waals surface area contributed by atoms with Crippen molar-refractivity contribution in [2.45, 2.75) is 31.3 Å². The first-order valence-corrected chi connectivity index (χ1v) is 11.0. The van der Waals surface area contributed by atoms with Crippen LogP contribution in [0.2, 0.25) is 0 Å². The van der Waals surface area contributed by atoms with Gasteiger partial charge < -0.3 is 4.74 Å². The summed E-state index contributed by atoms with van der Waals surface area (Å²) in [5, 5.41) is 0. The van der Waals surface area contributed by atoms with Crippen molar-refractivity contribution in [1.82, 2.24) is 9.03 Å². The minimum atomic E-state index is -3.71. The summed E-state index contributed by atoms with van der Waals surface area (Å²) in [6.07, 6.45) is 0.673. The van der Waals surface area contributed by atoms with Crippen molar-refractivity contribution in [3.63, 3.8) is 0 Å². The second kappa shape index (κ2) is 7.92. The van der Waals surface area contributed by atoms with Gasteiger partial charge in [-0.25, -0.2) is 21.6 Å². The van der Waals surface area contributed by atoms with Crippen molar-refractivity contribution in [3.05, 3.63) is 29.8 Å². The number of nitrogens with zero attached hydrogens (tertiary/aromatic N) is 1. The number of ether oxygens (including phenoxy) is 1. The maximum atomic E-state index is 12.3. The number of hydrogen-bond acceptors (Lipinski definition) is 5. The van der Waals surface area contributed by atoms with Gasteiger partial charge in [0, 0.05) is 19.6 Å². The number of hydrogen-bond donors (Lipinski definition) is 1. The first-order valence-electron chi connectivity index (χ1n) is 7.92. The molecule has 1 fully saturated rings. The number of benzene rings is 1. The van der Waals surface area contributed by atoms with E-state index in [4.69, 9.17) is 4.74 Å². The lowest BCUT2D eigenvalue weighted by molar-refractivity contribution is 0.0102. The summed E-state index contributed by atoms with van der Waals surface area (Å²) >= 11 is 0. The normalized spacial score (nSPS) is 20.2. The lowest BCUT2D eigenvalue weighted by Gasteiger charge is -2.30. The van der Waals surface area contributed by atoms with Crippen LogP contribution in [0.4, 0.5) is 0 Å². The Morgan fingerprint density at radius 3 is 2.46 bits per heavy atom.